The third-order valence-electron chi connectivity index (χ3n) is 7.93. The normalized spacial score (nSPS) is 13.9. The number of allylic oxidation sites excluding steroid dienone is 1. The third-order valence-corrected chi connectivity index (χ3v) is 8.86. The second-order valence-electron chi connectivity index (χ2n) is 11.5. The van der Waals surface area contributed by atoms with Crippen molar-refractivity contribution in [1.29, 1.82) is 0 Å². The number of fused-ring (bicyclic) bond motifs is 3. The number of thiophene rings is 1. The van der Waals surface area contributed by atoms with Crippen LogP contribution in [0.2, 0.25) is 0 Å². The van der Waals surface area contributed by atoms with Gasteiger partial charge in [0, 0.05) is 64.7 Å². The van der Waals surface area contributed by atoms with Gasteiger partial charge in [-0.25, -0.2) is 13.8 Å². The van der Waals surface area contributed by atoms with Crippen LogP contribution in [0.1, 0.15) is 40.9 Å². The van der Waals surface area contributed by atoms with Gasteiger partial charge < -0.3 is 15.0 Å². The Bertz CT molecular complexity index is 2000. The van der Waals surface area contributed by atoms with Gasteiger partial charge in [-0.1, -0.05) is 12.6 Å². The predicted molar refractivity (Wildman–Crippen MR) is 177 cm³/mol. The molecule has 0 bridgehead atoms. The number of benzene rings is 2. The minimum Gasteiger partial charge on any atom is -0.490 e. The fourth-order valence-corrected chi connectivity index (χ4v) is 6.84. The fraction of sp³-hybridized carbons (Fsp3) is 0.222. The van der Waals surface area contributed by atoms with Crippen molar-refractivity contribution in [3.8, 4) is 39.5 Å². The number of likely N-dealkylation sites (N-methyl/N-ethyl adjacent to an activating group) is 1. The zero-order chi connectivity index (χ0) is 32.5. The van der Waals surface area contributed by atoms with Crippen LogP contribution in [0.25, 0.3) is 43.9 Å². The molecule has 7 rings (SSSR count). The molecule has 0 saturated heterocycles. The first-order valence-electron chi connectivity index (χ1n) is 14.9. The molecule has 234 valence electrons. The topological polar surface area (TPSA) is 84.4 Å². The van der Waals surface area contributed by atoms with Crippen LogP contribution in [0.3, 0.4) is 0 Å². The molecule has 10 heteroatoms. The number of carbonyl (C=O) groups excluding carboxylic acids is 2. The average molecular weight is 639 g/mol. The van der Waals surface area contributed by atoms with Crippen LogP contribution in [0, 0.1) is 11.6 Å². The van der Waals surface area contributed by atoms with E-state index in [4.69, 9.17) is 19.5 Å². The van der Waals surface area contributed by atoms with Crippen LogP contribution < -0.4 is 10.1 Å². The van der Waals surface area contributed by atoms with Crippen molar-refractivity contribution in [2.45, 2.75) is 39.5 Å². The number of ether oxygens (including phenoxy) is 1. The van der Waals surface area contributed by atoms with Gasteiger partial charge in [-0.15, -0.1) is 11.3 Å². The molecule has 2 aliphatic rings. The van der Waals surface area contributed by atoms with Gasteiger partial charge in [0.1, 0.15) is 23.7 Å². The maximum Gasteiger partial charge on any atom is 0.251 e. The number of halogens is 2. The van der Waals surface area contributed by atoms with Gasteiger partial charge in [-0.3, -0.25) is 14.6 Å². The van der Waals surface area contributed by atoms with E-state index in [0.717, 1.165) is 52.4 Å². The zero-order valence-corrected chi connectivity index (χ0v) is 26.5. The van der Waals surface area contributed by atoms with Gasteiger partial charge in [0.2, 0.25) is 0 Å². The quantitative estimate of drug-likeness (QED) is 0.155. The van der Waals surface area contributed by atoms with Crippen LogP contribution >= 0.6 is 11.3 Å². The lowest BCUT2D eigenvalue weighted by Crippen LogP contribution is -2.26. The van der Waals surface area contributed by atoms with E-state index in [-0.39, 0.29) is 23.3 Å². The lowest BCUT2D eigenvalue weighted by atomic mass is 9.94. The molecule has 2 aromatic carbocycles. The van der Waals surface area contributed by atoms with E-state index in [1.807, 2.05) is 55.8 Å². The monoisotopic (exact) mass is 638 g/mol. The van der Waals surface area contributed by atoms with Crippen LogP contribution in [-0.2, 0) is 24.3 Å². The fourth-order valence-electron chi connectivity index (χ4n) is 5.89. The van der Waals surface area contributed by atoms with E-state index >= 15 is 4.39 Å². The summed E-state index contributed by atoms with van der Waals surface area (Å²) in [7, 11) is 2.08. The number of nitrogens with zero attached hydrogens (tertiary/aromatic N) is 3. The number of aldehydes is 1. The molecule has 0 fully saturated rings. The Morgan fingerprint density at radius 2 is 1.87 bits per heavy atom. The zero-order valence-electron chi connectivity index (χ0n) is 25.7. The Balaban J connectivity index is 0.000000879. The molecule has 1 N–H and O–H groups in total. The number of hydrogen-bond donors (Lipinski definition) is 1. The van der Waals surface area contributed by atoms with E-state index in [2.05, 4.69) is 23.8 Å². The van der Waals surface area contributed by atoms with Crippen LogP contribution in [-0.4, -0.2) is 46.8 Å². The van der Waals surface area contributed by atoms with Gasteiger partial charge in [0.25, 0.3) is 5.91 Å². The number of aromatic nitrogens is 2. The molecule has 0 radical (unpaired) electrons. The minimum absolute atomic E-state index is 0.0890. The van der Waals surface area contributed by atoms with Gasteiger partial charge in [0.15, 0.2) is 0 Å². The molecule has 2 aliphatic heterocycles. The number of pyridine rings is 2. The summed E-state index contributed by atoms with van der Waals surface area (Å²) in [5.74, 6) is -1.41. The summed E-state index contributed by atoms with van der Waals surface area (Å²) in [6.45, 7) is 8.94. The van der Waals surface area contributed by atoms with Gasteiger partial charge >= 0.3 is 0 Å². The molecule has 0 aliphatic carbocycles. The number of hydrogen-bond acceptors (Lipinski definition) is 7. The highest BCUT2D eigenvalue weighted by atomic mass is 32.1. The minimum atomic E-state index is -0.726. The Hall–Kier alpha value is -4.80. The molecule has 0 atom stereocenters. The first-order chi connectivity index (χ1) is 22.2. The summed E-state index contributed by atoms with van der Waals surface area (Å²) < 4.78 is 37.2. The molecule has 3 aromatic heterocycles. The van der Waals surface area contributed by atoms with E-state index in [1.165, 1.54) is 29.0 Å². The first kappa shape index (κ1) is 31.2. The summed E-state index contributed by atoms with van der Waals surface area (Å²) in [6.07, 6.45) is 4.32. The molecule has 0 saturated carbocycles. The highest BCUT2D eigenvalue weighted by Crippen LogP contribution is 2.47. The maximum absolute atomic E-state index is 15.9. The summed E-state index contributed by atoms with van der Waals surface area (Å²) >= 11 is 1.46. The van der Waals surface area contributed by atoms with Crippen LogP contribution in [0.5, 0.6) is 5.75 Å². The smallest absolute Gasteiger partial charge is 0.251 e. The van der Waals surface area contributed by atoms with E-state index in [0.29, 0.717) is 41.0 Å². The van der Waals surface area contributed by atoms with Crippen molar-refractivity contribution in [1.82, 2.24) is 20.2 Å². The standard InChI is InChI=1S/C33H28F2N4O2S.C3H4O/c1-17(2)41-27-13-22(34)12-25(35)28(27)29-31(26-11-21-16-39(3)8-6-19(21)14-36-26)38-30(24-7-9-42-32(24)29)18-4-5-23-20(10-18)15-37-33(23)40;1-2-3-4/h4-5,7,9-14,17H,6,8,15-16H2,1-3H3,(H,37,40);2-3H,1H2. The summed E-state index contributed by atoms with van der Waals surface area (Å²) in [6, 6.07) is 11.8. The maximum atomic E-state index is 15.9. The van der Waals surface area contributed by atoms with Gasteiger partial charge in [0.05, 0.1) is 28.7 Å². The van der Waals surface area contributed by atoms with Gasteiger partial charge in [-0.2, -0.15) is 0 Å². The van der Waals surface area contributed by atoms with Crippen LogP contribution in [0.4, 0.5) is 8.78 Å². The lowest BCUT2D eigenvalue weighted by Gasteiger charge is -2.25. The average Bonchev–Trinajstić information content (AvgIpc) is 3.67. The molecule has 46 heavy (non-hydrogen) atoms. The second kappa shape index (κ2) is 12.9. The van der Waals surface area contributed by atoms with Crippen molar-refractivity contribution >= 4 is 33.6 Å². The predicted octanol–water partition coefficient (Wildman–Crippen LogP) is 7.36. The highest BCUT2D eigenvalue weighted by molar-refractivity contribution is 7.18. The molecular weight excluding hydrogens is 606 g/mol. The summed E-state index contributed by atoms with van der Waals surface area (Å²) in [4.78, 5) is 33.6. The third kappa shape index (κ3) is 5.93. The van der Waals surface area contributed by atoms with Crippen molar-refractivity contribution in [2.75, 3.05) is 13.6 Å². The summed E-state index contributed by atoms with van der Waals surface area (Å²) in [5, 5.41) is 5.64. The van der Waals surface area contributed by atoms with Gasteiger partial charge in [-0.05, 0) is 79.7 Å². The number of carbonyl (C=O) groups is 2. The van der Waals surface area contributed by atoms with E-state index in [9.17, 15) is 9.18 Å². The Labute approximate surface area is 269 Å². The van der Waals surface area contributed by atoms with Crippen molar-refractivity contribution < 1.29 is 23.1 Å². The van der Waals surface area contributed by atoms with E-state index in [1.54, 1.807) is 0 Å². The van der Waals surface area contributed by atoms with Crippen molar-refractivity contribution in [3.05, 3.63) is 101 Å². The highest BCUT2D eigenvalue weighted by Gasteiger charge is 2.28. The first-order valence-corrected chi connectivity index (χ1v) is 15.8. The Morgan fingerprint density at radius 1 is 1.07 bits per heavy atom. The van der Waals surface area contributed by atoms with Crippen LogP contribution in [0.15, 0.2) is 66.7 Å². The largest absolute Gasteiger partial charge is 0.490 e. The molecule has 0 unspecified atom stereocenters. The Kier molecular flexibility index (Phi) is 8.75. The molecule has 5 aromatic rings. The molecule has 5 heterocycles. The number of amides is 1. The van der Waals surface area contributed by atoms with Crippen molar-refractivity contribution in [3.63, 3.8) is 0 Å². The second-order valence-corrected chi connectivity index (χ2v) is 12.4. The molecule has 0 spiro atoms. The van der Waals surface area contributed by atoms with Crippen molar-refractivity contribution in [2.24, 2.45) is 0 Å². The molecule has 7 nitrogen and oxygen atoms in total. The van der Waals surface area contributed by atoms with E-state index < -0.39 is 11.6 Å². The molecular formula is C36H32F2N4O3S. The summed E-state index contributed by atoms with van der Waals surface area (Å²) in [5.41, 5.74) is 7.21. The molecule has 1 amide bonds. The number of nitrogens with one attached hydrogen (secondary N) is 1. The SMILES string of the molecule is C=CC=O.CC(C)Oc1cc(F)cc(F)c1-c1c(-c2cc3c(cn2)CCN(C)C3)nc(-c2ccc3c(c2)CNC3=O)c2ccsc12. The lowest BCUT2D eigenvalue weighted by molar-refractivity contribution is -0.104. The number of rotatable bonds is 6. The Morgan fingerprint density at radius 3 is 2.63 bits per heavy atom.